The predicted molar refractivity (Wildman–Crippen MR) is 90.5 cm³/mol. The number of hydrazone groups is 1. The van der Waals surface area contributed by atoms with Crippen LogP contribution in [0.4, 0.5) is 0 Å². The highest BCUT2D eigenvalue weighted by molar-refractivity contribution is 6.30. The van der Waals surface area contributed by atoms with Crippen LogP contribution < -0.4 is 5.43 Å². The molecule has 0 saturated heterocycles. The summed E-state index contributed by atoms with van der Waals surface area (Å²) in [5.41, 5.74) is 3.97. The van der Waals surface area contributed by atoms with E-state index >= 15 is 0 Å². The summed E-state index contributed by atoms with van der Waals surface area (Å²) < 4.78 is 0. The molecule has 0 fully saturated rings. The number of nitrogens with one attached hydrogen (secondary N) is 1. The Hall–Kier alpha value is -2.65. The molecule has 3 aromatic rings. The van der Waals surface area contributed by atoms with Crippen LogP contribution in [0.2, 0.25) is 5.02 Å². The molecule has 0 aliphatic rings. The first-order valence-electron chi connectivity index (χ1n) is 6.81. The minimum absolute atomic E-state index is 0.241. The summed E-state index contributed by atoms with van der Waals surface area (Å²) in [5, 5.41) is 6.54. The molecule has 0 saturated carbocycles. The van der Waals surface area contributed by atoms with Crippen molar-refractivity contribution >= 4 is 34.5 Å². The molecule has 0 radical (unpaired) electrons. The monoisotopic (exact) mass is 308 g/mol. The second kappa shape index (κ2) is 6.41. The Labute approximate surface area is 133 Å². The fraction of sp³-hybridized carbons (Fsp3) is 0. The molecular weight excluding hydrogens is 296 g/mol. The van der Waals surface area contributed by atoms with E-state index in [1.807, 2.05) is 48.5 Å². The highest BCUT2D eigenvalue weighted by Gasteiger charge is 2.08. The normalized spacial score (nSPS) is 11.0. The fourth-order valence-corrected chi connectivity index (χ4v) is 2.43. The maximum Gasteiger partial charge on any atom is 0.271 e. The molecule has 1 amide bonds. The van der Waals surface area contributed by atoms with Crippen molar-refractivity contribution in [1.29, 1.82) is 0 Å². The van der Waals surface area contributed by atoms with Gasteiger partial charge in [-0.15, -0.1) is 0 Å². The Bertz CT molecular complexity index is 853. The van der Waals surface area contributed by atoms with Crippen LogP contribution in [0.3, 0.4) is 0 Å². The zero-order valence-electron chi connectivity index (χ0n) is 11.7. The summed E-state index contributed by atoms with van der Waals surface area (Å²) in [6.45, 7) is 0. The van der Waals surface area contributed by atoms with Gasteiger partial charge in [0.05, 0.1) is 6.21 Å². The van der Waals surface area contributed by atoms with Gasteiger partial charge >= 0.3 is 0 Å². The fourth-order valence-electron chi connectivity index (χ4n) is 2.24. The molecule has 0 atom stereocenters. The molecule has 3 rings (SSSR count). The molecule has 108 valence electrons. The van der Waals surface area contributed by atoms with Crippen LogP contribution in [0.15, 0.2) is 71.8 Å². The number of carbonyl (C=O) groups is 1. The Balaban J connectivity index is 1.79. The van der Waals surface area contributed by atoms with E-state index < -0.39 is 0 Å². The van der Waals surface area contributed by atoms with Gasteiger partial charge in [-0.1, -0.05) is 60.1 Å². The molecule has 0 bridgehead atoms. The summed E-state index contributed by atoms with van der Waals surface area (Å²) in [7, 11) is 0. The van der Waals surface area contributed by atoms with Crippen LogP contribution in [0.1, 0.15) is 15.9 Å². The number of nitrogens with zero attached hydrogens (tertiary/aromatic N) is 1. The summed E-state index contributed by atoms with van der Waals surface area (Å²) in [6, 6.07) is 20.6. The lowest BCUT2D eigenvalue weighted by Gasteiger charge is -2.04. The number of benzene rings is 3. The molecule has 0 aliphatic heterocycles. The number of hydrogen-bond donors (Lipinski definition) is 1. The van der Waals surface area contributed by atoms with Crippen LogP contribution in [-0.2, 0) is 0 Å². The molecule has 3 aromatic carbocycles. The molecule has 0 spiro atoms. The Morgan fingerprint density at radius 1 is 1.00 bits per heavy atom. The zero-order chi connectivity index (χ0) is 15.4. The van der Waals surface area contributed by atoms with Crippen molar-refractivity contribution < 1.29 is 4.79 Å². The number of fused-ring (bicyclic) bond motifs is 1. The second-order valence-corrected chi connectivity index (χ2v) is 5.22. The van der Waals surface area contributed by atoms with Gasteiger partial charge in [-0.2, -0.15) is 5.10 Å². The number of carbonyl (C=O) groups excluding carboxylic acids is 1. The molecule has 0 aliphatic carbocycles. The van der Waals surface area contributed by atoms with Crippen LogP contribution in [-0.4, -0.2) is 12.1 Å². The van der Waals surface area contributed by atoms with Crippen molar-refractivity contribution in [2.45, 2.75) is 0 Å². The van der Waals surface area contributed by atoms with E-state index in [-0.39, 0.29) is 5.91 Å². The smallest absolute Gasteiger partial charge is 0.267 e. The second-order valence-electron chi connectivity index (χ2n) is 4.78. The number of hydrogen-bond acceptors (Lipinski definition) is 2. The largest absolute Gasteiger partial charge is 0.271 e. The van der Waals surface area contributed by atoms with Gasteiger partial charge in [0, 0.05) is 10.6 Å². The minimum Gasteiger partial charge on any atom is -0.267 e. The summed E-state index contributed by atoms with van der Waals surface area (Å²) in [4.78, 5) is 12.3. The summed E-state index contributed by atoms with van der Waals surface area (Å²) in [6.07, 6.45) is 1.56. The van der Waals surface area contributed by atoms with Gasteiger partial charge in [-0.25, -0.2) is 5.43 Å². The van der Waals surface area contributed by atoms with Crippen molar-refractivity contribution in [3.05, 3.63) is 82.9 Å². The third-order valence-corrected chi connectivity index (χ3v) is 3.50. The van der Waals surface area contributed by atoms with Crippen LogP contribution in [0, 0.1) is 0 Å². The summed E-state index contributed by atoms with van der Waals surface area (Å²) in [5.74, 6) is -0.241. The van der Waals surface area contributed by atoms with Crippen LogP contribution in [0.5, 0.6) is 0 Å². The van der Waals surface area contributed by atoms with Gasteiger partial charge in [-0.05, 0) is 34.5 Å². The van der Waals surface area contributed by atoms with E-state index in [1.165, 1.54) is 0 Å². The maximum absolute atomic E-state index is 12.3. The SMILES string of the molecule is O=C(N/N=C\c1cccc(Cl)c1)c1cccc2ccccc12. The predicted octanol–water partition coefficient (Wildman–Crippen LogP) is 4.26. The van der Waals surface area contributed by atoms with Gasteiger partial charge in [0.1, 0.15) is 0 Å². The summed E-state index contributed by atoms with van der Waals surface area (Å²) >= 11 is 5.90. The molecule has 22 heavy (non-hydrogen) atoms. The number of rotatable bonds is 3. The van der Waals surface area contributed by atoms with E-state index in [4.69, 9.17) is 11.6 Å². The van der Waals surface area contributed by atoms with Gasteiger partial charge in [0.15, 0.2) is 0 Å². The van der Waals surface area contributed by atoms with Gasteiger partial charge < -0.3 is 0 Å². The molecule has 3 nitrogen and oxygen atoms in total. The van der Waals surface area contributed by atoms with Crippen molar-refractivity contribution in [1.82, 2.24) is 5.43 Å². The van der Waals surface area contributed by atoms with Gasteiger partial charge in [-0.3, -0.25) is 4.79 Å². The van der Waals surface area contributed by atoms with Gasteiger partial charge in [0.2, 0.25) is 0 Å². The highest BCUT2D eigenvalue weighted by atomic mass is 35.5. The standard InChI is InChI=1S/C18H13ClN2O/c19-15-8-3-5-13(11-15)12-20-21-18(22)17-10-4-7-14-6-1-2-9-16(14)17/h1-12H,(H,21,22)/b20-12-. The minimum atomic E-state index is -0.241. The van der Waals surface area contributed by atoms with Crippen molar-refractivity contribution in [3.8, 4) is 0 Å². The van der Waals surface area contributed by atoms with Crippen molar-refractivity contribution in [2.24, 2.45) is 5.10 Å². The van der Waals surface area contributed by atoms with E-state index in [0.29, 0.717) is 10.6 Å². The average molecular weight is 309 g/mol. The van der Waals surface area contributed by atoms with Gasteiger partial charge in [0.25, 0.3) is 5.91 Å². The topological polar surface area (TPSA) is 41.5 Å². The zero-order valence-corrected chi connectivity index (χ0v) is 12.4. The molecular formula is C18H13ClN2O. The number of halogens is 1. The molecule has 0 unspecified atom stereocenters. The highest BCUT2D eigenvalue weighted by Crippen LogP contribution is 2.18. The third-order valence-electron chi connectivity index (χ3n) is 3.26. The van der Waals surface area contributed by atoms with E-state index in [0.717, 1.165) is 16.3 Å². The first-order chi connectivity index (χ1) is 10.7. The third kappa shape index (κ3) is 3.15. The Morgan fingerprint density at radius 2 is 1.77 bits per heavy atom. The molecule has 0 heterocycles. The lowest BCUT2D eigenvalue weighted by molar-refractivity contribution is 0.0957. The Kier molecular flexibility index (Phi) is 4.17. The van der Waals surface area contributed by atoms with E-state index in [1.54, 1.807) is 24.4 Å². The average Bonchev–Trinajstić information content (AvgIpc) is 2.54. The van der Waals surface area contributed by atoms with Crippen molar-refractivity contribution in [2.75, 3.05) is 0 Å². The molecule has 4 heteroatoms. The van der Waals surface area contributed by atoms with Crippen molar-refractivity contribution in [3.63, 3.8) is 0 Å². The lowest BCUT2D eigenvalue weighted by atomic mass is 10.0. The molecule has 0 aromatic heterocycles. The lowest BCUT2D eigenvalue weighted by Crippen LogP contribution is -2.17. The first kappa shape index (κ1) is 14.3. The first-order valence-corrected chi connectivity index (χ1v) is 7.18. The van der Waals surface area contributed by atoms with E-state index in [9.17, 15) is 4.79 Å². The van der Waals surface area contributed by atoms with E-state index in [2.05, 4.69) is 10.5 Å². The van der Waals surface area contributed by atoms with Crippen LogP contribution in [0.25, 0.3) is 10.8 Å². The Morgan fingerprint density at radius 3 is 2.64 bits per heavy atom. The quantitative estimate of drug-likeness (QED) is 0.570. The van der Waals surface area contributed by atoms with Crippen LogP contribution >= 0.6 is 11.6 Å². The maximum atomic E-state index is 12.3. The number of amides is 1. The molecule has 1 N–H and O–H groups in total.